The van der Waals surface area contributed by atoms with Crippen molar-refractivity contribution in [1.82, 2.24) is 16.0 Å². The number of carbonyl (C=O) groups excluding carboxylic acids is 4. The van der Waals surface area contributed by atoms with Gasteiger partial charge in [-0.3, -0.25) is 19.2 Å². The highest BCUT2D eigenvalue weighted by Crippen LogP contribution is 2.07. The Hall–Kier alpha value is -3.12. The van der Waals surface area contributed by atoms with E-state index in [0.29, 0.717) is 0 Å². The van der Waals surface area contributed by atoms with E-state index in [1.807, 2.05) is 0 Å². The van der Waals surface area contributed by atoms with Gasteiger partial charge in [0.15, 0.2) is 0 Å². The van der Waals surface area contributed by atoms with Gasteiger partial charge < -0.3 is 32.5 Å². The Labute approximate surface area is 203 Å². The van der Waals surface area contributed by atoms with Crippen molar-refractivity contribution >= 4 is 42.2 Å². The highest BCUT2D eigenvalue weighted by Gasteiger charge is 2.30. The number of nitrogens with two attached hydrogens (primary N) is 2. The van der Waals surface area contributed by atoms with Crippen LogP contribution >= 0.6 is 12.6 Å². The van der Waals surface area contributed by atoms with Crippen LogP contribution in [0.2, 0.25) is 0 Å². The first-order valence-electron chi connectivity index (χ1n) is 10.8. The molecular formula is C22H33N5O6S. The molecule has 11 nitrogen and oxygen atoms in total. The average Bonchev–Trinajstić information content (AvgIpc) is 2.78. The Bertz CT molecular complexity index is 867. The second kappa shape index (κ2) is 14.2. The van der Waals surface area contributed by atoms with Crippen LogP contribution in [0.25, 0.3) is 0 Å². The number of carbonyl (C=O) groups is 5. The third-order valence-corrected chi connectivity index (χ3v) is 5.41. The van der Waals surface area contributed by atoms with Crippen LogP contribution in [-0.2, 0) is 30.4 Å². The Morgan fingerprint density at radius 1 is 0.912 bits per heavy atom. The summed E-state index contributed by atoms with van der Waals surface area (Å²) in [5.74, 6) is -4.42. The van der Waals surface area contributed by atoms with E-state index in [1.165, 1.54) is 0 Å². The molecule has 1 aromatic carbocycles. The number of rotatable bonds is 14. The highest BCUT2D eigenvalue weighted by atomic mass is 32.1. The molecule has 0 aliphatic heterocycles. The fourth-order valence-electron chi connectivity index (χ4n) is 2.92. The lowest BCUT2D eigenvalue weighted by Gasteiger charge is -2.25. The lowest BCUT2D eigenvalue weighted by atomic mass is 10.0. The van der Waals surface area contributed by atoms with Gasteiger partial charge in [-0.05, 0) is 17.9 Å². The fraction of sp³-hybridized carbons (Fsp3) is 0.500. The minimum Gasteiger partial charge on any atom is -0.480 e. The van der Waals surface area contributed by atoms with Crippen molar-refractivity contribution in [2.75, 3.05) is 5.75 Å². The molecule has 4 unspecified atom stereocenters. The quantitative estimate of drug-likeness (QED) is 0.160. The number of primary amides is 1. The van der Waals surface area contributed by atoms with Crippen molar-refractivity contribution < 1.29 is 29.1 Å². The zero-order valence-corrected chi connectivity index (χ0v) is 20.1. The standard InChI is InChI=1S/C22H33N5O6S/c1-12(2)18(24)21(31)26-15(10-13-6-4-3-5-7-13)20(30)25-14(8-9-17(23)28)19(29)27-16(11-34)22(32)33/h3-7,12,14-16,18,34H,8-11,24H2,1-2H3,(H2,23,28)(H,25,30)(H,26,31)(H,27,29)(H,32,33). The van der Waals surface area contributed by atoms with Crippen molar-refractivity contribution in [3.05, 3.63) is 35.9 Å². The minimum absolute atomic E-state index is 0.113. The predicted octanol–water partition coefficient (Wildman–Crippen LogP) is -1.05. The fourth-order valence-corrected chi connectivity index (χ4v) is 3.16. The molecule has 0 saturated heterocycles. The molecule has 0 fully saturated rings. The van der Waals surface area contributed by atoms with Gasteiger partial charge >= 0.3 is 5.97 Å². The van der Waals surface area contributed by atoms with Gasteiger partial charge in [-0.25, -0.2) is 4.79 Å². The summed E-state index contributed by atoms with van der Waals surface area (Å²) in [5, 5.41) is 16.6. The summed E-state index contributed by atoms with van der Waals surface area (Å²) in [6, 6.07) is 4.40. The second-order valence-corrected chi connectivity index (χ2v) is 8.53. The Morgan fingerprint density at radius 2 is 1.44 bits per heavy atom. The molecule has 4 amide bonds. The number of nitrogens with one attached hydrogen (secondary N) is 3. The number of hydrogen-bond donors (Lipinski definition) is 7. The van der Waals surface area contributed by atoms with Gasteiger partial charge in [0.1, 0.15) is 18.1 Å². The summed E-state index contributed by atoms with van der Waals surface area (Å²) < 4.78 is 0. The molecule has 34 heavy (non-hydrogen) atoms. The van der Waals surface area contributed by atoms with E-state index >= 15 is 0 Å². The van der Waals surface area contributed by atoms with E-state index in [-0.39, 0.29) is 30.9 Å². The van der Waals surface area contributed by atoms with Gasteiger partial charge in [-0.2, -0.15) is 12.6 Å². The maximum absolute atomic E-state index is 13.1. The topological polar surface area (TPSA) is 194 Å². The predicted molar refractivity (Wildman–Crippen MR) is 129 cm³/mol. The number of carboxylic acid groups (broad SMARTS) is 1. The summed E-state index contributed by atoms with van der Waals surface area (Å²) >= 11 is 3.90. The van der Waals surface area contributed by atoms with Crippen molar-refractivity contribution in [3.63, 3.8) is 0 Å². The van der Waals surface area contributed by atoms with Crippen LogP contribution in [0.4, 0.5) is 0 Å². The molecule has 8 N–H and O–H groups in total. The largest absolute Gasteiger partial charge is 0.480 e. The van der Waals surface area contributed by atoms with Crippen molar-refractivity contribution in [1.29, 1.82) is 0 Å². The molecule has 0 aliphatic carbocycles. The van der Waals surface area contributed by atoms with E-state index in [4.69, 9.17) is 16.6 Å². The summed E-state index contributed by atoms with van der Waals surface area (Å²) in [4.78, 5) is 60.9. The van der Waals surface area contributed by atoms with Crippen molar-refractivity contribution in [3.8, 4) is 0 Å². The normalized spacial score (nSPS) is 14.4. The molecule has 0 aromatic heterocycles. The Morgan fingerprint density at radius 3 is 1.94 bits per heavy atom. The van der Waals surface area contributed by atoms with Crippen LogP contribution in [0, 0.1) is 5.92 Å². The highest BCUT2D eigenvalue weighted by molar-refractivity contribution is 7.80. The first kappa shape index (κ1) is 28.9. The SMILES string of the molecule is CC(C)C(N)C(=O)NC(Cc1ccccc1)C(=O)NC(CCC(N)=O)C(=O)NC(CS)C(=O)O. The Balaban J connectivity index is 3.10. The number of benzene rings is 1. The molecule has 0 heterocycles. The smallest absolute Gasteiger partial charge is 0.327 e. The van der Waals surface area contributed by atoms with E-state index < -0.39 is 53.8 Å². The van der Waals surface area contributed by atoms with Gasteiger partial charge in [0.05, 0.1) is 6.04 Å². The van der Waals surface area contributed by atoms with Crippen LogP contribution in [-0.4, -0.2) is 64.6 Å². The average molecular weight is 496 g/mol. The lowest BCUT2D eigenvalue weighted by Crippen LogP contribution is -2.58. The first-order valence-corrected chi connectivity index (χ1v) is 11.4. The number of aliphatic carboxylic acids is 1. The third kappa shape index (κ3) is 9.79. The summed E-state index contributed by atoms with van der Waals surface area (Å²) in [6.45, 7) is 3.53. The molecule has 0 spiro atoms. The van der Waals surface area contributed by atoms with Gasteiger partial charge in [-0.1, -0.05) is 44.2 Å². The van der Waals surface area contributed by atoms with E-state index in [1.54, 1.807) is 44.2 Å². The molecule has 0 bridgehead atoms. The molecule has 188 valence electrons. The molecule has 1 aromatic rings. The summed E-state index contributed by atoms with van der Waals surface area (Å²) in [7, 11) is 0. The van der Waals surface area contributed by atoms with Crippen LogP contribution in [0.15, 0.2) is 30.3 Å². The second-order valence-electron chi connectivity index (χ2n) is 8.17. The van der Waals surface area contributed by atoms with Crippen LogP contribution < -0.4 is 27.4 Å². The van der Waals surface area contributed by atoms with Gasteiger partial charge in [0.25, 0.3) is 0 Å². The minimum atomic E-state index is -1.31. The molecule has 0 radical (unpaired) electrons. The summed E-state index contributed by atoms with van der Waals surface area (Å²) in [5.41, 5.74) is 11.8. The van der Waals surface area contributed by atoms with Crippen molar-refractivity contribution in [2.45, 2.75) is 57.3 Å². The van der Waals surface area contributed by atoms with Crippen molar-refractivity contribution in [2.24, 2.45) is 17.4 Å². The van der Waals surface area contributed by atoms with E-state index in [2.05, 4.69) is 28.6 Å². The van der Waals surface area contributed by atoms with Crippen LogP contribution in [0.5, 0.6) is 0 Å². The molecule has 0 aliphatic rings. The van der Waals surface area contributed by atoms with E-state index in [9.17, 15) is 24.0 Å². The maximum atomic E-state index is 13.1. The van der Waals surface area contributed by atoms with Crippen LogP contribution in [0.3, 0.4) is 0 Å². The zero-order chi connectivity index (χ0) is 25.8. The lowest BCUT2D eigenvalue weighted by molar-refractivity contribution is -0.141. The molecular weight excluding hydrogens is 462 g/mol. The monoisotopic (exact) mass is 495 g/mol. The number of thiol groups is 1. The maximum Gasteiger partial charge on any atom is 0.327 e. The zero-order valence-electron chi connectivity index (χ0n) is 19.2. The summed E-state index contributed by atoms with van der Waals surface area (Å²) in [6.07, 6.45) is -0.282. The number of amides is 4. The molecule has 0 saturated carbocycles. The molecule has 12 heteroatoms. The van der Waals surface area contributed by atoms with Gasteiger partial charge in [0, 0.05) is 18.6 Å². The van der Waals surface area contributed by atoms with Gasteiger partial charge in [-0.15, -0.1) is 0 Å². The Kier molecular flexibility index (Phi) is 12.1. The van der Waals surface area contributed by atoms with Crippen LogP contribution in [0.1, 0.15) is 32.3 Å². The van der Waals surface area contributed by atoms with Gasteiger partial charge in [0.2, 0.25) is 23.6 Å². The third-order valence-electron chi connectivity index (χ3n) is 5.05. The molecule has 4 atom stereocenters. The van der Waals surface area contributed by atoms with E-state index in [0.717, 1.165) is 5.56 Å². The number of carboxylic acids is 1. The number of hydrogen-bond acceptors (Lipinski definition) is 7. The first-order chi connectivity index (χ1) is 16.0. The molecule has 1 rings (SSSR count).